The van der Waals surface area contributed by atoms with E-state index in [2.05, 4.69) is 35.4 Å². The number of halogens is 1. The fraction of sp³-hybridized carbons (Fsp3) is 0.300. The van der Waals surface area contributed by atoms with Gasteiger partial charge in [-0.1, -0.05) is 32.6 Å². The van der Waals surface area contributed by atoms with Gasteiger partial charge in [-0.15, -0.1) is 6.42 Å². The van der Waals surface area contributed by atoms with Crippen molar-refractivity contribution < 1.29 is 9.18 Å². The molecule has 0 radical (unpaired) electrons. The summed E-state index contributed by atoms with van der Waals surface area (Å²) in [4.78, 5) is 16.9. The number of carbonyl (C=O) groups excluding carboxylic acids is 1. The van der Waals surface area contributed by atoms with Crippen LogP contribution in [0.15, 0.2) is 42.6 Å². The zero-order valence-corrected chi connectivity index (χ0v) is 14.4. The molecule has 0 aliphatic carbocycles. The summed E-state index contributed by atoms with van der Waals surface area (Å²) in [5, 5.41) is 5.94. The average molecular weight is 339 g/mol. The highest BCUT2D eigenvalue weighted by Crippen LogP contribution is 2.20. The predicted octanol–water partition coefficient (Wildman–Crippen LogP) is 4.13. The lowest BCUT2D eigenvalue weighted by Gasteiger charge is -2.22. The summed E-state index contributed by atoms with van der Waals surface area (Å²) in [6.07, 6.45) is 8.96. The fourth-order valence-electron chi connectivity index (χ4n) is 2.63. The molecule has 2 N–H and O–H groups in total. The first-order valence-electron chi connectivity index (χ1n) is 8.33. The van der Waals surface area contributed by atoms with Crippen molar-refractivity contribution in [2.45, 2.75) is 32.7 Å². The Morgan fingerprint density at radius 1 is 1.24 bits per heavy atom. The van der Waals surface area contributed by atoms with Crippen LogP contribution >= 0.6 is 0 Å². The van der Waals surface area contributed by atoms with E-state index in [-0.39, 0.29) is 23.7 Å². The van der Waals surface area contributed by atoms with Gasteiger partial charge in [-0.3, -0.25) is 4.79 Å². The molecule has 0 spiro atoms. The molecule has 1 heterocycles. The van der Waals surface area contributed by atoms with Crippen molar-refractivity contribution in [3.63, 3.8) is 0 Å². The summed E-state index contributed by atoms with van der Waals surface area (Å²) in [5.74, 6) is 2.67. The van der Waals surface area contributed by atoms with Gasteiger partial charge in [-0.2, -0.15) is 0 Å². The molecule has 1 aromatic heterocycles. The number of carbonyl (C=O) groups is 1. The minimum atomic E-state index is -0.332. The van der Waals surface area contributed by atoms with Crippen LogP contribution < -0.4 is 10.6 Å². The Balaban J connectivity index is 2.20. The van der Waals surface area contributed by atoms with E-state index < -0.39 is 0 Å². The van der Waals surface area contributed by atoms with Gasteiger partial charge < -0.3 is 10.6 Å². The van der Waals surface area contributed by atoms with Crippen LogP contribution in [0.1, 0.15) is 37.0 Å². The monoisotopic (exact) mass is 339 g/mol. The van der Waals surface area contributed by atoms with Crippen LogP contribution in [0, 0.1) is 24.1 Å². The topological polar surface area (TPSA) is 54.0 Å². The molecule has 0 bridgehead atoms. The van der Waals surface area contributed by atoms with Crippen molar-refractivity contribution in [2.75, 3.05) is 5.32 Å². The van der Waals surface area contributed by atoms with Crippen LogP contribution in [-0.2, 0) is 0 Å². The van der Waals surface area contributed by atoms with E-state index in [1.165, 1.54) is 12.1 Å². The second-order valence-corrected chi connectivity index (χ2v) is 5.73. The minimum Gasteiger partial charge on any atom is -0.340 e. The molecule has 2 rings (SSSR count). The molecule has 25 heavy (non-hydrogen) atoms. The second kappa shape index (κ2) is 8.84. The zero-order chi connectivity index (χ0) is 18.2. The zero-order valence-electron chi connectivity index (χ0n) is 14.4. The number of hydrogen-bond acceptors (Lipinski definition) is 3. The van der Waals surface area contributed by atoms with E-state index in [0.29, 0.717) is 17.1 Å². The van der Waals surface area contributed by atoms with Crippen LogP contribution in [0.2, 0.25) is 0 Å². The van der Waals surface area contributed by atoms with Gasteiger partial charge in [0, 0.05) is 11.9 Å². The largest absolute Gasteiger partial charge is 0.340 e. The lowest BCUT2D eigenvalue weighted by molar-refractivity contribution is 0.0934. The van der Waals surface area contributed by atoms with Crippen molar-refractivity contribution in [1.29, 1.82) is 0 Å². The average Bonchev–Trinajstić information content (AvgIpc) is 2.64. The number of amides is 1. The highest BCUT2D eigenvalue weighted by Gasteiger charge is 2.21. The first-order valence-corrected chi connectivity index (χ1v) is 8.33. The predicted molar refractivity (Wildman–Crippen MR) is 98.1 cm³/mol. The molecule has 0 saturated carbocycles. The molecule has 1 atom stereocenters. The molecule has 0 saturated heterocycles. The van der Waals surface area contributed by atoms with Gasteiger partial charge in [0.15, 0.2) is 0 Å². The van der Waals surface area contributed by atoms with E-state index in [9.17, 15) is 9.18 Å². The maximum absolute atomic E-state index is 13.0. The lowest BCUT2D eigenvalue weighted by Crippen LogP contribution is -2.39. The third-order valence-corrected chi connectivity index (χ3v) is 4.15. The highest BCUT2D eigenvalue weighted by atomic mass is 19.1. The Morgan fingerprint density at radius 2 is 1.92 bits per heavy atom. The summed E-state index contributed by atoms with van der Waals surface area (Å²) in [7, 11) is 0. The molecule has 0 aliphatic heterocycles. The van der Waals surface area contributed by atoms with Crippen LogP contribution in [0.5, 0.6) is 0 Å². The van der Waals surface area contributed by atoms with E-state index in [0.717, 1.165) is 12.8 Å². The lowest BCUT2D eigenvalue weighted by atomic mass is 9.94. The molecular formula is C20H22FN3O. The minimum absolute atomic E-state index is 0.221. The highest BCUT2D eigenvalue weighted by molar-refractivity contribution is 5.99. The molecule has 2 aromatic rings. The molecule has 1 unspecified atom stereocenters. The Labute approximate surface area is 147 Å². The Kier molecular flexibility index (Phi) is 6.53. The van der Waals surface area contributed by atoms with Gasteiger partial charge in [0.2, 0.25) is 0 Å². The second-order valence-electron chi connectivity index (χ2n) is 5.73. The van der Waals surface area contributed by atoms with Gasteiger partial charge in [-0.25, -0.2) is 9.37 Å². The summed E-state index contributed by atoms with van der Waals surface area (Å²) in [6.45, 7) is 4.10. The number of benzene rings is 1. The first-order chi connectivity index (χ1) is 12.1. The van der Waals surface area contributed by atoms with E-state index in [1.807, 2.05) is 0 Å². The summed E-state index contributed by atoms with van der Waals surface area (Å²) in [5.41, 5.74) is 1.03. The van der Waals surface area contributed by atoms with Crippen molar-refractivity contribution >= 4 is 17.4 Å². The van der Waals surface area contributed by atoms with Crippen molar-refractivity contribution in [2.24, 2.45) is 5.92 Å². The van der Waals surface area contributed by atoms with E-state index >= 15 is 0 Å². The number of nitrogens with one attached hydrogen (secondary N) is 2. The third-order valence-electron chi connectivity index (χ3n) is 4.15. The molecular weight excluding hydrogens is 317 g/mol. The molecule has 0 fully saturated rings. The van der Waals surface area contributed by atoms with Gasteiger partial charge in [0.1, 0.15) is 11.6 Å². The normalized spacial score (nSPS) is 11.6. The molecule has 130 valence electrons. The Bertz CT molecular complexity index is 748. The number of anilines is 2. The van der Waals surface area contributed by atoms with E-state index in [4.69, 9.17) is 6.42 Å². The molecule has 1 amide bonds. The smallest absolute Gasteiger partial charge is 0.256 e. The van der Waals surface area contributed by atoms with Crippen molar-refractivity contribution in [1.82, 2.24) is 10.3 Å². The standard InChI is InChI=1S/C20H22FN3O/c1-4-14(5-2)18(6-3)24-20(25)17-8-7-13-22-19(17)23-16-11-9-15(21)10-12-16/h3,7-14,18H,4-5H2,1-2H3,(H,22,23)(H,24,25). The number of nitrogens with zero attached hydrogens (tertiary/aromatic N) is 1. The molecule has 4 nitrogen and oxygen atoms in total. The van der Waals surface area contributed by atoms with Crippen LogP contribution in [0.4, 0.5) is 15.9 Å². The quantitative estimate of drug-likeness (QED) is 0.746. The number of hydrogen-bond donors (Lipinski definition) is 2. The van der Waals surface area contributed by atoms with Gasteiger partial charge in [0.25, 0.3) is 5.91 Å². The van der Waals surface area contributed by atoms with Crippen LogP contribution in [0.25, 0.3) is 0 Å². The van der Waals surface area contributed by atoms with Crippen LogP contribution in [0.3, 0.4) is 0 Å². The molecule has 5 heteroatoms. The summed E-state index contributed by atoms with van der Waals surface area (Å²) < 4.78 is 13.0. The molecule has 1 aromatic carbocycles. The maximum Gasteiger partial charge on any atom is 0.256 e. The van der Waals surface area contributed by atoms with Crippen molar-refractivity contribution in [3.8, 4) is 12.3 Å². The van der Waals surface area contributed by atoms with E-state index in [1.54, 1.807) is 30.5 Å². The third kappa shape index (κ3) is 4.80. The number of rotatable bonds is 7. The van der Waals surface area contributed by atoms with Crippen molar-refractivity contribution in [3.05, 3.63) is 54.0 Å². The number of pyridine rings is 1. The van der Waals surface area contributed by atoms with Gasteiger partial charge >= 0.3 is 0 Å². The van der Waals surface area contributed by atoms with Gasteiger partial charge in [0.05, 0.1) is 11.6 Å². The number of terminal acetylenes is 1. The Morgan fingerprint density at radius 3 is 2.52 bits per heavy atom. The summed E-state index contributed by atoms with van der Waals surface area (Å²) in [6, 6.07) is 8.88. The molecule has 0 aliphatic rings. The first kappa shape index (κ1) is 18.5. The SMILES string of the molecule is C#CC(NC(=O)c1cccnc1Nc1ccc(F)cc1)C(CC)CC. The van der Waals surface area contributed by atoms with Crippen LogP contribution in [-0.4, -0.2) is 16.9 Å². The summed E-state index contributed by atoms with van der Waals surface area (Å²) >= 11 is 0. The van der Waals surface area contributed by atoms with Gasteiger partial charge in [-0.05, 0) is 42.3 Å². The maximum atomic E-state index is 13.0. The Hall–Kier alpha value is -2.87. The number of aromatic nitrogens is 1. The fourth-order valence-corrected chi connectivity index (χ4v) is 2.63.